The molecular formula is C22H24FN5O3. The highest BCUT2D eigenvalue weighted by atomic mass is 19.1. The van der Waals surface area contributed by atoms with Crippen molar-refractivity contribution >= 4 is 29.1 Å². The molecule has 2 aromatic carbocycles. The fraction of sp³-hybridized carbons (Fsp3) is 0.318. The summed E-state index contributed by atoms with van der Waals surface area (Å²) in [6.45, 7) is 3.71. The molecule has 0 radical (unpaired) electrons. The van der Waals surface area contributed by atoms with Crippen LogP contribution in [0.25, 0.3) is 0 Å². The fourth-order valence-electron chi connectivity index (χ4n) is 3.92. The minimum absolute atomic E-state index is 0.0150. The number of aryl methyl sites for hydroxylation is 2. The summed E-state index contributed by atoms with van der Waals surface area (Å²) in [6, 6.07) is 12.1. The van der Waals surface area contributed by atoms with E-state index >= 15 is 0 Å². The molecule has 2 fully saturated rings. The second kappa shape index (κ2) is 8.35. The van der Waals surface area contributed by atoms with E-state index in [1.165, 1.54) is 12.1 Å². The van der Waals surface area contributed by atoms with E-state index in [2.05, 4.69) is 26.6 Å². The summed E-state index contributed by atoms with van der Waals surface area (Å²) in [6.07, 6.45) is -1.53. The van der Waals surface area contributed by atoms with Gasteiger partial charge in [0.05, 0.1) is 23.7 Å². The highest BCUT2D eigenvalue weighted by Crippen LogP contribution is 2.28. The van der Waals surface area contributed by atoms with Crippen molar-refractivity contribution in [2.75, 3.05) is 10.6 Å². The molecule has 3 amide bonds. The van der Waals surface area contributed by atoms with Crippen molar-refractivity contribution in [3.8, 4) is 0 Å². The molecule has 5 N–H and O–H groups in total. The van der Waals surface area contributed by atoms with Crippen molar-refractivity contribution in [1.29, 1.82) is 0 Å². The Kier molecular flexibility index (Phi) is 5.60. The van der Waals surface area contributed by atoms with Gasteiger partial charge in [0.2, 0.25) is 17.7 Å². The monoisotopic (exact) mass is 425 g/mol. The third-order valence-corrected chi connectivity index (χ3v) is 5.53. The van der Waals surface area contributed by atoms with Crippen LogP contribution in [0.4, 0.5) is 15.8 Å². The Bertz CT molecular complexity index is 1030. The average molecular weight is 425 g/mol. The van der Waals surface area contributed by atoms with Crippen LogP contribution in [0.2, 0.25) is 0 Å². The summed E-state index contributed by atoms with van der Waals surface area (Å²) in [7, 11) is 0. The lowest BCUT2D eigenvalue weighted by Crippen LogP contribution is -2.72. The molecule has 4 unspecified atom stereocenters. The molecule has 2 aliphatic heterocycles. The van der Waals surface area contributed by atoms with Crippen molar-refractivity contribution in [3.05, 3.63) is 59.4 Å². The predicted octanol–water partition coefficient (Wildman–Crippen LogP) is 1.57. The Balaban J connectivity index is 1.48. The van der Waals surface area contributed by atoms with Crippen LogP contribution in [-0.4, -0.2) is 30.2 Å². The molecule has 0 saturated carbocycles. The zero-order valence-electron chi connectivity index (χ0n) is 17.2. The lowest BCUT2D eigenvalue weighted by molar-refractivity contribution is -0.144. The maximum Gasteiger partial charge on any atom is 0.229 e. The number of amides is 3. The van der Waals surface area contributed by atoms with Gasteiger partial charge < -0.3 is 21.3 Å². The second-order valence-electron chi connectivity index (χ2n) is 7.97. The quantitative estimate of drug-likeness (QED) is 0.511. The predicted molar refractivity (Wildman–Crippen MR) is 113 cm³/mol. The van der Waals surface area contributed by atoms with E-state index in [0.29, 0.717) is 0 Å². The number of anilines is 2. The second-order valence-corrected chi connectivity index (χ2v) is 7.97. The van der Waals surface area contributed by atoms with Crippen LogP contribution in [0.15, 0.2) is 42.5 Å². The van der Waals surface area contributed by atoms with E-state index in [-0.39, 0.29) is 23.9 Å². The Morgan fingerprint density at radius 1 is 1.03 bits per heavy atom. The summed E-state index contributed by atoms with van der Waals surface area (Å²) in [4.78, 5) is 38.0. The number of halogens is 1. The molecule has 8 nitrogen and oxygen atoms in total. The van der Waals surface area contributed by atoms with Gasteiger partial charge in [0.15, 0.2) is 6.29 Å². The molecule has 9 heteroatoms. The van der Waals surface area contributed by atoms with Gasteiger partial charge in [0, 0.05) is 12.1 Å². The van der Waals surface area contributed by atoms with Crippen LogP contribution in [-0.2, 0) is 14.4 Å². The summed E-state index contributed by atoms with van der Waals surface area (Å²) in [5.41, 5.74) is 2.62. The summed E-state index contributed by atoms with van der Waals surface area (Å²) in [5, 5.41) is 14.3. The largest absolute Gasteiger partial charge is 0.353 e. The number of nitrogens with one attached hydrogen (secondary N) is 5. The molecule has 0 spiro atoms. The fourth-order valence-corrected chi connectivity index (χ4v) is 3.92. The van der Waals surface area contributed by atoms with Gasteiger partial charge in [-0.3, -0.25) is 19.7 Å². The van der Waals surface area contributed by atoms with Crippen LogP contribution in [0.3, 0.4) is 0 Å². The lowest BCUT2D eigenvalue weighted by atomic mass is 9.81. The first-order valence-electron chi connectivity index (χ1n) is 10.1. The maximum absolute atomic E-state index is 14.2. The highest BCUT2D eigenvalue weighted by Gasteiger charge is 2.48. The number of hydrogen-bond donors (Lipinski definition) is 5. The summed E-state index contributed by atoms with van der Waals surface area (Å²) >= 11 is 0. The Hall–Kier alpha value is -3.46. The molecule has 2 saturated heterocycles. The van der Waals surface area contributed by atoms with Gasteiger partial charge in [-0.25, -0.2) is 4.39 Å². The smallest absolute Gasteiger partial charge is 0.229 e. The molecule has 2 heterocycles. The number of fused-ring (bicyclic) bond motifs is 1. The normalized spacial score (nSPS) is 25.1. The maximum atomic E-state index is 14.2. The minimum Gasteiger partial charge on any atom is -0.353 e. The molecule has 2 aromatic rings. The van der Waals surface area contributed by atoms with Crippen molar-refractivity contribution in [2.45, 2.75) is 32.7 Å². The zero-order valence-corrected chi connectivity index (χ0v) is 17.2. The zero-order chi connectivity index (χ0) is 22.1. The van der Waals surface area contributed by atoms with Crippen LogP contribution in [0.1, 0.15) is 17.5 Å². The molecule has 31 heavy (non-hydrogen) atoms. The average Bonchev–Trinajstić information content (AvgIpc) is 2.71. The molecular weight excluding hydrogens is 401 g/mol. The van der Waals surface area contributed by atoms with Gasteiger partial charge in [-0.2, -0.15) is 0 Å². The molecule has 162 valence electrons. The number of carbonyl (C=O) groups is 3. The van der Waals surface area contributed by atoms with Gasteiger partial charge in [-0.05, 0) is 43.7 Å². The Morgan fingerprint density at radius 2 is 1.74 bits per heavy atom. The van der Waals surface area contributed by atoms with Gasteiger partial charge in [-0.1, -0.05) is 23.8 Å². The van der Waals surface area contributed by atoms with Crippen molar-refractivity contribution in [3.63, 3.8) is 0 Å². The Labute approximate surface area is 179 Å². The summed E-state index contributed by atoms with van der Waals surface area (Å²) < 4.78 is 14.2. The van der Waals surface area contributed by atoms with Crippen LogP contribution in [0.5, 0.6) is 0 Å². The Morgan fingerprint density at radius 3 is 2.45 bits per heavy atom. The first-order chi connectivity index (χ1) is 14.8. The minimum atomic E-state index is -0.938. The van der Waals surface area contributed by atoms with Crippen molar-refractivity contribution in [1.82, 2.24) is 16.0 Å². The van der Waals surface area contributed by atoms with E-state index in [1.54, 1.807) is 13.0 Å². The first kappa shape index (κ1) is 20.8. The number of benzene rings is 2. The topological polar surface area (TPSA) is 111 Å². The third kappa shape index (κ3) is 4.51. The standard InChI is InChI=1S/C22H24FN5O3/c1-11-3-6-13(7-4-11)24-22-27-19-18(21(31)28-22)14(10-17(29)26-19)20(30)25-16-8-5-12(2)9-15(16)23/h3-9,14,18-19,22,24,27H,10H2,1-2H3,(H,25,30)(H,26,29)(H,28,31). The van der Waals surface area contributed by atoms with Crippen LogP contribution in [0, 0.1) is 31.5 Å². The van der Waals surface area contributed by atoms with Crippen molar-refractivity contribution in [2.24, 2.45) is 11.8 Å². The van der Waals surface area contributed by atoms with E-state index in [0.717, 1.165) is 16.8 Å². The number of hydrogen-bond acceptors (Lipinski definition) is 5. The number of carbonyl (C=O) groups excluding carboxylic acids is 3. The van der Waals surface area contributed by atoms with E-state index in [4.69, 9.17) is 0 Å². The van der Waals surface area contributed by atoms with Crippen LogP contribution < -0.4 is 26.6 Å². The van der Waals surface area contributed by atoms with Gasteiger partial charge >= 0.3 is 0 Å². The van der Waals surface area contributed by atoms with E-state index < -0.39 is 36.0 Å². The van der Waals surface area contributed by atoms with E-state index in [9.17, 15) is 18.8 Å². The van der Waals surface area contributed by atoms with Gasteiger partial charge in [0.25, 0.3) is 0 Å². The summed E-state index contributed by atoms with van der Waals surface area (Å²) in [5.74, 6) is -3.65. The highest BCUT2D eigenvalue weighted by molar-refractivity contribution is 6.00. The van der Waals surface area contributed by atoms with Crippen molar-refractivity contribution < 1.29 is 18.8 Å². The van der Waals surface area contributed by atoms with Gasteiger partial charge in [0.1, 0.15) is 5.82 Å². The third-order valence-electron chi connectivity index (χ3n) is 5.53. The molecule has 0 aliphatic carbocycles. The SMILES string of the molecule is Cc1ccc(NC2NC(=O)C3C(NC(=O)CC3C(=O)Nc3ccc(C)cc3F)N2)cc1. The van der Waals surface area contributed by atoms with Gasteiger partial charge in [-0.15, -0.1) is 0 Å². The molecule has 0 aromatic heterocycles. The number of piperidine rings is 1. The molecule has 4 rings (SSSR count). The molecule has 0 bridgehead atoms. The molecule has 4 atom stereocenters. The number of rotatable bonds is 4. The van der Waals surface area contributed by atoms with E-state index in [1.807, 2.05) is 31.2 Å². The molecule has 2 aliphatic rings. The first-order valence-corrected chi connectivity index (χ1v) is 10.1. The van der Waals surface area contributed by atoms with Crippen LogP contribution >= 0.6 is 0 Å². The lowest BCUT2D eigenvalue weighted by Gasteiger charge is -2.43.